The van der Waals surface area contributed by atoms with Gasteiger partial charge in [-0.2, -0.15) is 0 Å². The fraction of sp³-hybridized carbons (Fsp3) is 0.500. The summed E-state index contributed by atoms with van der Waals surface area (Å²) in [4.78, 5) is 26.0. The van der Waals surface area contributed by atoms with Crippen molar-refractivity contribution in [3.8, 4) is 0 Å². The van der Waals surface area contributed by atoms with Crippen molar-refractivity contribution in [2.75, 3.05) is 31.1 Å². The molecule has 3 rings (SSSR count). The molecule has 112 valence electrons. The summed E-state index contributed by atoms with van der Waals surface area (Å²) in [6.45, 7) is 2.61. The number of rotatable bonds is 4. The summed E-state index contributed by atoms with van der Waals surface area (Å²) >= 11 is 0. The number of fused-ring (bicyclic) bond motifs is 1. The molecule has 0 saturated carbocycles. The molecule has 0 aromatic carbocycles. The molecule has 0 aliphatic carbocycles. The summed E-state index contributed by atoms with van der Waals surface area (Å²) in [7, 11) is 0. The quantitative estimate of drug-likeness (QED) is 0.749. The van der Waals surface area contributed by atoms with Crippen LogP contribution in [0.25, 0.3) is 11.0 Å². The average molecular weight is 288 g/mol. The molecule has 0 spiro atoms. The highest BCUT2D eigenvalue weighted by Crippen LogP contribution is 2.26. The molecule has 4 N–H and O–H groups in total. The number of hydrogen-bond acceptors (Lipinski definition) is 5. The van der Waals surface area contributed by atoms with E-state index in [9.17, 15) is 4.79 Å². The molecule has 1 saturated heterocycles. The lowest BCUT2D eigenvalue weighted by molar-refractivity contribution is -0.125. The van der Waals surface area contributed by atoms with Gasteiger partial charge in [-0.05, 0) is 18.9 Å². The molecular formula is C14H20N6O. The molecule has 7 nitrogen and oxygen atoms in total. The van der Waals surface area contributed by atoms with E-state index in [0.29, 0.717) is 19.6 Å². The summed E-state index contributed by atoms with van der Waals surface area (Å²) in [6, 6.07) is 1.97. The Hall–Kier alpha value is -2.15. The van der Waals surface area contributed by atoms with Gasteiger partial charge in [-0.3, -0.25) is 4.79 Å². The van der Waals surface area contributed by atoms with Crippen LogP contribution in [0.3, 0.4) is 0 Å². The number of carbonyl (C=O) groups is 1. The molecule has 1 fully saturated rings. The van der Waals surface area contributed by atoms with Crippen molar-refractivity contribution >= 4 is 22.8 Å². The van der Waals surface area contributed by atoms with Crippen molar-refractivity contribution in [3.05, 3.63) is 18.6 Å². The van der Waals surface area contributed by atoms with Gasteiger partial charge >= 0.3 is 0 Å². The molecule has 2 aromatic heterocycles. The van der Waals surface area contributed by atoms with E-state index >= 15 is 0 Å². The van der Waals surface area contributed by atoms with Crippen LogP contribution >= 0.6 is 0 Å². The highest BCUT2D eigenvalue weighted by molar-refractivity contribution is 5.88. The van der Waals surface area contributed by atoms with Gasteiger partial charge in [0, 0.05) is 32.4 Å². The molecule has 1 amide bonds. The average Bonchev–Trinajstić information content (AvgIpc) is 3.01. The van der Waals surface area contributed by atoms with Crippen molar-refractivity contribution in [2.45, 2.75) is 12.8 Å². The van der Waals surface area contributed by atoms with Crippen LogP contribution in [0.4, 0.5) is 5.82 Å². The summed E-state index contributed by atoms with van der Waals surface area (Å²) in [5.74, 6) is 0.983. The third kappa shape index (κ3) is 2.82. The summed E-state index contributed by atoms with van der Waals surface area (Å²) in [5.41, 5.74) is 6.26. The lowest BCUT2D eigenvalue weighted by atomic mass is 9.97. The van der Waals surface area contributed by atoms with Crippen LogP contribution < -0.4 is 16.0 Å². The number of aromatic nitrogens is 3. The number of hydrogen-bond donors (Lipinski definition) is 3. The Morgan fingerprint density at radius 1 is 1.52 bits per heavy atom. The number of anilines is 1. The highest BCUT2D eigenvalue weighted by Gasteiger charge is 2.27. The topological polar surface area (TPSA) is 99.9 Å². The predicted octanol–water partition coefficient (Wildman–Crippen LogP) is 0.249. The van der Waals surface area contributed by atoms with Crippen molar-refractivity contribution in [3.63, 3.8) is 0 Å². The van der Waals surface area contributed by atoms with Crippen molar-refractivity contribution < 1.29 is 4.79 Å². The van der Waals surface area contributed by atoms with Crippen LogP contribution in [0.15, 0.2) is 18.6 Å². The summed E-state index contributed by atoms with van der Waals surface area (Å²) < 4.78 is 0. The van der Waals surface area contributed by atoms with Gasteiger partial charge in [-0.1, -0.05) is 0 Å². The maximum Gasteiger partial charge on any atom is 0.224 e. The van der Waals surface area contributed by atoms with Crippen molar-refractivity contribution in [1.82, 2.24) is 20.3 Å². The lowest BCUT2D eigenvalue weighted by Crippen LogP contribution is -2.44. The largest absolute Gasteiger partial charge is 0.355 e. The van der Waals surface area contributed by atoms with Gasteiger partial charge in [0.15, 0.2) is 0 Å². The second kappa shape index (κ2) is 6.09. The number of carbonyl (C=O) groups excluding carboxylic acids is 1. The molecule has 3 heterocycles. The predicted molar refractivity (Wildman–Crippen MR) is 80.9 cm³/mol. The zero-order valence-electron chi connectivity index (χ0n) is 11.9. The first kappa shape index (κ1) is 13.8. The Balaban J connectivity index is 1.77. The van der Waals surface area contributed by atoms with E-state index in [-0.39, 0.29) is 11.8 Å². The van der Waals surface area contributed by atoms with E-state index in [1.165, 1.54) is 0 Å². The Kier molecular flexibility index (Phi) is 4.01. The summed E-state index contributed by atoms with van der Waals surface area (Å²) in [5, 5.41) is 3.88. The summed E-state index contributed by atoms with van der Waals surface area (Å²) in [6.07, 6.45) is 5.31. The first-order chi connectivity index (χ1) is 10.3. The molecule has 21 heavy (non-hydrogen) atoms. The van der Waals surface area contributed by atoms with Crippen LogP contribution in [0.2, 0.25) is 0 Å². The van der Waals surface area contributed by atoms with Gasteiger partial charge < -0.3 is 20.9 Å². The normalized spacial score (nSPS) is 18.9. The third-order valence-corrected chi connectivity index (χ3v) is 3.87. The molecule has 1 aliphatic rings. The zero-order valence-corrected chi connectivity index (χ0v) is 11.9. The van der Waals surface area contributed by atoms with E-state index in [4.69, 9.17) is 5.73 Å². The van der Waals surface area contributed by atoms with Gasteiger partial charge in [0.1, 0.15) is 17.8 Å². The minimum absolute atomic E-state index is 0.00532. The molecule has 1 atom stereocenters. The highest BCUT2D eigenvalue weighted by atomic mass is 16.1. The Morgan fingerprint density at radius 3 is 3.29 bits per heavy atom. The maximum atomic E-state index is 12.1. The van der Waals surface area contributed by atoms with E-state index < -0.39 is 0 Å². The number of nitrogens with zero attached hydrogens (tertiary/aromatic N) is 3. The first-order valence-electron chi connectivity index (χ1n) is 7.30. The van der Waals surface area contributed by atoms with E-state index in [1.807, 2.05) is 12.3 Å². The van der Waals surface area contributed by atoms with E-state index in [2.05, 4.69) is 25.2 Å². The van der Waals surface area contributed by atoms with Gasteiger partial charge in [0.05, 0.1) is 11.3 Å². The molecule has 2 aromatic rings. The fourth-order valence-corrected chi connectivity index (χ4v) is 2.83. The van der Waals surface area contributed by atoms with Crippen LogP contribution in [0, 0.1) is 5.92 Å². The number of H-pyrrole nitrogens is 1. The molecule has 0 radical (unpaired) electrons. The van der Waals surface area contributed by atoms with Gasteiger partial charge in [-0.25, -0.2) is 9.97 Å². The van der Waals surface area contributed by atoms with Crippen LogP contribution in [-0.2, 0) is 4.79 Å². The number of aromatic amines is 1. The standard InChI is InChI=1S/C14H20N6O/c15-4-6-17-14(21)10-2-1-7-20(8-10)13-11-3-5-16-12(11)18-9-19-13/h3,5,9-10H,1-2,4,6-8,15H2,(H,17,21)(H,16,18,19). The minimum Gasteiger partial charge on any atom is -0.355 e. The molecule has 0 bridgehead atoms. The fourth-order valence-electron chi connectivity index (χ4n) is 2.83. The van der Waals surface area contributed by atoms with Crippen molar-refractivity contribution in [1.29, 1.82) is 0 Å². The zero-order chi connectivity index (χ0) is 14.7. The van der Waals surface area contributed by atoms with Crippen molar-refractivity contribution in [2.24, 2.45) is 11.7 Å². The molecule has 1 unspecified atom stereocenters. The van der Waals surface area contributed by atoms with Crippen LogP contribution in [-0.4, -0.2) is 47.0 Å². The van der Waals surface area contributed by atoms with Crippen LogP contribution in [0.1, 0.15) is 12.8 Å². The van der Waals surface area contributed by atoms with E-state index in [1.54, 1.807) is 6.33 Å². The number of amides is 1. The van der Waals surface area contributed by atoms with Gasteiger partial charge in [0.25, 0.3) is 0 Å². The second-order valence-corrected chi connectivity index (χ2v) is 5.30. The Bertz CT molecular complexity index is 625. The second-order valence-electron chi connectivity index (χ2n) is 5.30. The van der Waals surface area contributed by atoms with Gasteiger partial charge in [0.2, 0.25) is 5.91 Å². The molecule has 1 aliphatic heterocycles. The van der Waals surface area contributed by atoms with E-state index in [0.717, 1.165) is 36.2 Å². The molecular weight excluding hydrogens is 268 g/mol. The lowest BCUT2D eigenvalue weighted by Gasteiger charge is -2.33. The Labute approximate surface area is 122 Å². The number of nitrogens with one attached hydrogen (secondary N) is 2. The number of nitrogens with two attached hydrogens (primary N) is 1. The monoisotopic (exact) mass is 288 g/mol. The Morgan fingerprint density at radius 2 is 2.43 bits per heavy atom. The smallest absolute Gasteiger partial charge is 0.224 e. The third-order valence-electron chi connectivity index (χ3n) is 3.87. The maximum absolute atomic E-state index is 12.1. The van der Waals surface area contributed by atoms with Crippen LogP contribution in [0.5, 0.6) is 0 Å². The first-order valence-corrected chi connectivity index (χ1v) is 7.30. The van der Waals surface area contributed by atoms with Gasteiger partial charge in [-0.15, -0.1) is 0 Å². The number of piperidine rings is 1. The molecule has 7 heteroatoms. The minimum atomic E-state index is -0.00532. The SMILES string of the molecule is NCCNC(=O)C1CCCN(c2ncnc3[nH]ccc23)C1.